The summed E-state index contributed by atoms with van der Waals surface area (Å²) >= 11 is 1.73. The van der Waals surface area contributed by atoms with Crippen LogP contribution in [0.4, 0.5) is 0 Å². The molecule has 0 radical (unpaired) electrons. The van der Waals surface area contributed by atoms with Crippen LogP contribution >= 0.6 is 11.3 Å². The van der Waals surface area contributed by atoms with E-state index >= 15 is 0 Å². The summed E-state index contributed by atoms with van der Waals surface area (Å²) in [5.74, 6) is 0.699. The molecule has 186 valence electrons. The van der Waals surface area contributed by atoms with Crippen molar-refractivity contribution < 1.29 is 0 Å². The van der Waals surface area contributed by atoms with Crippen LogP contribution in [-0.2, 0) is 0 Å². The number of aromatic nitrogens is 3. The van der Waals surface area contributed by atoms with E-state index in [9.17, 15) is 0 Å². The highest BCUT2D eigenvalue weighted by molar-refractivity contribution is 7.25. The molecule has 3 nitrogen and oxygen atoms in total. The molecule has 0 amide bonds. The van der Waals surface area contributed by atoms with Crippen molar-refractivity contribution in [1.82, 2.24) is 14.5 Å². The van der Waals surface area contributed by atoms with Gasteiger partial charge in [-0.2, -0.15) is 0 Å². The molecular formula is C36H21N3S. The van der Waals surface area contributed by atoms with Crippen LogP contribution in [0.5, 0.6) is 0 Å². The molecule has 0 atom stereocenters. The van der Waals surface area contributed by atoms with Crippen LogP contribution in [0.2, 0.25) is 0 Å². The smallest absolute Gasteiger partial charge is 0.236 e. The molecule has 0 bridgehead atoms. The van der Waals surface area contributed by atoms with Gasteiger partial charge >= 0.3 is 0 Å². The summed E-state index contributed by atoms with van der Waals surface area (Å²) in [6.07, 6.45) is 0. The minimum absolute atomic E-state index is 0.699. The van der Waals surface area contributed by atoms with Gasteiger partial charge in [0.1, 0.15) is 4.83 Å². The molecular weight excluding hydrogens is 506 g/mol. The number of rotatable bonds is 2. The first-order valence-corrected chi connectivity index (χ1v) is 14.3. The lowest BCUT2D eigenvalue weighted by Crippen LogP contribution is -2.03. The maximum absolute atomic E-state index is 5.38. The predicted molar refractivity (Wildman–Crippen MR) is 170 cm³/mol. The Morgan fingerprint density at radius 2 is 1.18 bits per heavy atom. The number of hydrogen-bond acceptors (Lipinski definition) is 3. The van der Waals surface area contributed by atoms with E-state index in [0.29, 0.717) is 5.95 Å². The van der Waals surface area contributed by atoms with Gasteiger partial charge in [-0.25, -0.2) is 9.97 Å². The number of thiophene rings is 1. The average Bonchev–Trinajstić information content (AvgIpc) is 3.57. The Labute approximate surface area is 233 Å². The highest BCUT2D eigenvalue weighted by Crippen LogP contribution is 2.42. The van der Waals surface area contributed by atoms with Crippen LogP contribution in [0.1, 0.15) is 0 Å². The van der Waals surface area contributed by atoms with E-state index in [1.54, 1.807) is 11.3 Å². The fourth-order valence-electron chi connectivity index (χ4n) is 6.27. The molecule has 6 aromatic carbocycles. The number of benzene rings is 6. The standard InChI is InChI=1S/C36H21N3S/c1-2-12-24(13-3-1)33-32-27-16-8-9-17-30(27)40-35(32)38-36(37-33)39-29-21-19-22-10-4-6-14-25(22)31(29)28-20-18-23-11-5-7-15-26(23)34(28)39/h1-21H. The first kappa shape index (κ1) is 21.8. The maximum Gasteiger partial charge on any atom is 0.236 e. The first-order chi connectivity index (χ1) is 19.8. The summed E-state index contributed by atoms with van der Waals surface area (Å²) in [5.41, 5.74) is 4.32. The minimum atomic E-state index is 0.699. The summed E-state index contributed by atoms with van der Waals surface area (Å²) in [6, 6.07) is 45.3. The van der Waals surface area contributed by atoms with Crippen molar-refractivity contribution in [2.45, 2.75) is 0 Å². The number of nitrogens with zero attached hydrogens (tertiary/aromatic N) is 3. The lowest BCUT2D eigenvalue weighted by atomic mass is 10.0. The molecule has 3 heterocycles. The molecule has 0 aliphatic carbocycles. The molecule has 0 saturated carbocycles. The largest absolute Gasteiger partial charge is 0.277 e. The summed E-state index contributed by atoms with van der Waals surface area (Å²) in [7, 11) is 0. The second-order valence-electron chi connectivity index (χ2n) is 10.2. The molecule has 0 spiro atoms. The van der Waals surface area contributed by atoms with Crippen LogP contribution in [0, 0.1) is 0 Å². The molecule has 0 aliphatic heterocycles. The quantitative estimate of drug-likeness (QED) is 0.224. The Bertz CT molecular complexity index is 2430. The molecule has 40 heavy (non-hydrogen) atoms. The van der Waals surface area contributed by atoms with Crippen LogP contribution in [0.25, 0.3) is 80.9 Å². The Morgan fingerprint density at radius 1 is 0.500 bits per heavy atom. The molecule has 0 fully saturated rings. The molecule has 0 unspecified atom stereocenters. The molecule has 4 heteroatoms. The fraction of sp³-hybridized carbons (Fsp3) is 0. The SMILES string of the molecule is c1ccc(-c2nc(-n3c4ccc5ccccc5c4c4ccc5ccccc5c43)nc3sc4ccccc4c23)cc1. The minimum Gasteiger partial charge on any atom is -0.277 e. The second-order valence-corrected chi connectivity index (χ2v) is 11.2. The van der Waals surface area contributed by atoms with Gasteiger partial charge in [0.25, 0.3) is 0 Å². The van der Waals surface area contributed by atoms with Gasteiger partial charge < -0.3 is 0 Å². The Morgan fingerprint density at radius 3 is 2.02 bits per heavy atom. The van der Waals surface area contributed by atoms with E-state index in [1.807, 2.05) is 0 Å². The van der Waals surface area contributed by atoms with Crippen molar-refractivity contribution in [3.8, 4) is 17.2 Å². The Hall–Kier alpha value is -5.06. The zero-order valence-corrected chi connectivity index (χ0v) is 22.2. The van der Waals surface area contributed by atoms with Crippen molar-refractivity contribution >= 4 is 75.0 Å². The lowest BCUT2D eigenvalue weighted by molar-refractivity contribution is 1.02. The Balaban J connectivity index is 1.51. The summed E-state index contributed by atoms with van der Waals surface area (Å²) in [6.45, 7) is 0. The van der Waals surface area contributed by atoms with E-state index < -0.39 is 0 Å². The fourth-order valence-corrected chi connectivity index (χ4v) is 7.34. The molecule has 0 aliphatic rings. The van der Waals surface area contributed by atoms with E-state index in [2.05, 4.69) is 132 Å². The van der Waals surface area contributed by atoms with Crippen LogP contribution < -0.4 is 0 Å². The molecule has 3 aromatic heterocycles. The monoisotopic (exact) mass is 527 g/mol. The van der Waals surface area contributed by atoms with Gasteiger partial charge in [0, 0.05) is 37.2 Å². The van der Waals surface area contributed by atoms with Gasteiger partial charge in [-0.3, -0.25) is 4.57 Å². The lowest BCUT2D eigenvalue weighted by Gasteiger charge is -2.11. The van der Waals surface area contributed by atoms with Gasteiger partial charge in [0.2, 0.25) is 5.95 Å². The predicted octanol–water partition coefficient (Wildman–Crippen LogP) is 9.91. The second kappa shape index (κ2) is 8.22. The van der Waals surface area contributed by atoms with E-state index in [-0.39, 0.29) is 0 Å². The van der Waals surface area contributed by atoms with Crippen molar-refractivity contribution in [2.24, 2.45) is 0 Å². The van der Waals surface area contributed by atoms with Crippen molar-refractivity contribution in [1.29, 1.82) is 0 Å². The normalized spacial score (nSPS) is 12.0. The number of hydrogen-bond donors (Lipinski definition) is 0. The summed E-state index contributed by atoms with van der Waals surface area (Å²) < 4.78 is 3.51. The van der Waals surface area contributed by atoms with Crippen molar-refractivity contribution in [3.63, 3.8) is 0 Å². The Kier molecular flexibility index (Phi) is 4.48. The first-order valence-electron chi connectivity index (χ1n) is 13.4. The topological polar surface area (TPSA) is 30.7 Å². The zero-order chi connectivity index (χ0) is 26.2. The van der Waals surface area contributed by atoms with E-state index in [1.165, 1.54) is 42.4 Å². The number of fused-ring (bicyclic) bond motifs is 10. The van der Waals surface area contributed by atoms with Crippen LogP contribution in [0.3, 0.4) is 0 Å². The van der Waals surface area contributed by atoms with E-state index in [0.717, 1.165) is 32.5 Å². The van der Waals surface area contributed by atoms with Gasteiger partial charge in [0.05, 0.1) is 16.7 Å². The summed E-state index contributed by atoms with van der Waals surface area (Å²) in [4.78, 5) is 11.7. The van der Waals surface area contributed by atoms with Gasteiger partial charge in [-0.15, -0.1) is 11.3 Å². The third-order valence-electron chi connectivity index (χ3n) is 8.02. The average molecular weight is 528 g/mol. The van der Waals surface area contributed by atoms with Gasteiger partial charge in [-0.1, -0.05) is 115 Å². The van der Waals surface area contributed by atoms with Crippen LogP contribution in [0.15, 0.2) is 127 Å². The molecule has 9 rings (SSSR count). The highest BCUT2D eigenvalue weighted by Gasteiger charge is 2.21. The third kappa shape index (κ3) is 2.99. The molecule has 0 N–H and O–H groups in total. The summed E-state index contributed by atoms with van der Waals surface area (Å²) in [5, 5.41) is 9.64. The van der Waals surface area contributed by atoms with Gasteiger partial charge in [-0.05, 0) is 28.3 Å². The maximum atomic E-state index is 5.38. The third-order valence-corrected chi connectivity index (χ3v) is 9.08. The van der Waals surface area contributed by atoms with Crippen molar-refractivity contribution in [2.75, 3.05) is 0 Å². The highest BCUT2D eigenvalue weighted by atomic mass is 32.1. The van der Waals surface area contributed by atoms with E-state index in [4.69, 9.17) is 9.97 Å². The van der Waals surface area contributed by atoms with Crippen LogP contribution in [-0.4, -0.2) is 14.5 Å². The molecule has 0 saturated heterocycles. The van der Waals surface area contributed by atoms with Crippen molar-refractivity contribution in [3.05, 3.63) is 127 Å². The molecule has 9 aromatic rings. The zero-order valence-electron chi connectivity index (χ0n) is 21.4. The van der Waals surface area contributed by atoms with Gasteiger partial charge in [0.15, 0.2) is 0 Å².